The number of benzene rings is 1. The maximum absolute atomic E-state index is 10.8. The molecule has 0 bridgehead atoms. The third kappa shape index (κ3) is 2.31. The summed E-state index contributed by atoms with van der Waals surface area (Å²) in [5, 5.41) is 0.607. The van der Waals surface area contributed by atoms with Gasteiger partial charge in [-0.3, -0.25) is 4.79 Å². The molecule has 1 rings (SSSR count). The zero-order valence-electron chi connectivity index (χ0n) is 8.10. The van der Waals surface area contributed by atoms with Crippen molar-refractivity contribution in [1.82, 2.24) is 0 Å². The molecule has 0 radical (unpaired) electrons. The monoisotopic (exact) mass is 196 g/mol. The molecule has 13 heavy (non-hydrogen) atoms. The number of halogens is 1. The molecule has 0 atom stereocenters. The number of carbonyl (C=O) groups is 1. The number of hydrogen-bond donors (Lipinski definition) is 0. The fourth-order valence-electron chi connectivity index (χ4n) is 1.31. The molecule has 1 nitrogen and oxygen atoms in total. The van der Waals surface area contributed by atoms with Gasteiger partial charge in [0.05, 0.1) is 0 Å². The molecule has 1 aromatic rings. The van der Waals surface area contributed by atoms with E-state index in [-0.39, 0.29) is 5.41 Å². The van der Waals surface area contributed by atoms with Gasteiger partial charge in [-0.05, 0) is 23.1 Å². The highest BCUT2D eigenvalue weighted by Crippen LogP contribution is 2.26. The minimum Gasteiger partial charge on any atom is -0.298 e. The first-order chi connectivity index (χ1) is 5.95. The van der Waals surface area contributed by atoms with E-state index in [4.69, 9.17) is 11.6 Å². The average Bonchev–Trinajstić information content (AvgIpc) is 2.01. The lowest BCUT2D eigenvalue weighted by molar-refractivity contribution is 0.112. The first-order valence-electron chi connectivity index (χ1n) is 4.20. The molecule has 0 aliphatic rings. The zero-order chi connectivity index (χ0) is 10.1. The minimum atomic E-state index is -0.0131. The summed E-state index contributed by atoms with van der Waals surface area (Å²) in [6, 6.07) is 5.43. The van der Waals surface area contributed by atoms with E-state index >= 15 is 0 Å². The van der Waals surface area contributed by atoms with Crippen LogP contribution < -0.4 is 0 Å². The number of hydrogen-bond acceptors (Lipinski definition) is 1. The second-order valence-electron chi connectivity index (χ2n) is 4.10. The summed E-state index contributed by atoms with van der Waals surface area (Å²) in [7, 11) is 0. The van der Waals surface area contributed by atoms with Gasteiger partial charge < -0.3 is 0 Å². The molecule has 70 valence electrons. The van der Waals surface area contributed by atoms with Gasteiger partial charge >= 0.3 is 0 Å². The van der Waals surface area contributed by atoms with Crippen LogP contribution in [0.15, 0.2) is 18.2 Å². The van der Waals surface area contributed by atoms with Crippen LogP contribution in [0.25, 0.3) is 0 Å². The quantitative estimate of drug-likeness (QED) is 0.629. The Morgan fingerprint density at radius 2 is 1.92 bits per heavy atom. The summed E-state index contributed by atoms with van der Waals surface area (Å²) < 4.78 is 0. The van der Waals surface area contributed by atoms with Crippen LogP contribution in [0.3, 0.4) is 0 Å². The highest BCUT2D eigenvalue weighted by atomic mass is 35.5. The maximum Gasteiger partial charge on any atom is 0.150 e. The summed E-state index contributed by atoms with van der Waals surface area (Å²) in [5.41, 5.74) is 1.70. The molecule has 0 aliphatic heterocycles. The maximum atomic E-state index is 10.8. The predicted octanol–water partition coefficient (Wildman–Crippen LogP) is 3.45. The van der Waals surface area contributed by atoms with Gasteiger partial charge in [-0.1, -0.05) is 38.4 Å². The third-order valence-electron chi connectivity index (χ3n) is 1.95. The minimum absolute atomic E-state index is 0.0131. The van der Waals surface area contributed by atoms with Gasteiger partial charge in [-0.15, -0.1) is 0 Å². The van der Waals surface area contributed by atoms with Crippen LogP contribution in [-0.2, 0) is 5.41 Å². The summed E-state index contributed by atoms with van der Waals surface area (Å²) in [5.74, 6) is 0. The van der Waals surface area contributed by atoms with Crippen molar-refractivity contribution in [3.63, 3.8) is 0 Å². The number of aldehydes is 1. The Kier molecular flexibility index (Phi) is 2.77. The van der Waals surface area contributed by atoms with Gasteiger partial charge in [0, 0.05) is 10.6 Å². The van der Waals surface area contributed by atoms with E-state index in [1.807, 2.05) is 12.1 Å². The van der Waals surface area contributed by atoms with E-state index in [0.29, 0.717) is 10.6 Å². The topological polar surface area (TPSA) is 17.1 Å². The van der Waals surface area contributed by atoms with E-state index < -0.39 is 0 Å². The SMILES string of the molecule is CC(C)(C)c1ccc(Cl)cc1C=O. The Morgan fingerprint density at radius 1 is 1.31 bits per heavy atom. The van der Waals surface area contributed by atoms with Crippen LogP contribution in [0.5, 0.6) is 0 Å². The Morgan fingerprint density at radius 3 is 2.38 bits per heavy atom. The second-order valence-corrected chi connectivity index (χ2v) is 4.54. The van der Waals surface area contributed by atoms with Crippen molar-refractivity contribution in [3.8, 4) is 0 Å². The smallest absolute Gasteiger partial charge is 0.150 e. The first kappa shape index (κ1) is 10.3. The summed E-state index contributed by atoms with van der Waals surface area (Å²) in [4.78, 5) is 10.8. The van der Waals surface area contributed by atoms with Crippen molar-refractivity contribution in [2.75, 3.05) is 0 Å². The van der Waals surface area contributed by atoms with Crippen LogP contribution in [0.4, 0.5) is 0 Å². The molecular formula is C11H13ClO. The largest absolute Gasteiger partial charge is 0.298 e. The van der Waals surface area contributed by atoms with Gasteiger partial charge in [0.1, 0.15) is 6.29 Å². The molecule has 0 amide bonds. The molecule has 0 unspecified atom stereocenters. The van der Waals surface area contributed by atoms with Crippen LogP contribution in [-0.4, -0.2) is 6.29 Å². The van der Waals surface area contributed by atoms with Crippen molar-refractivity contribution in [2.45, 2.75) is 26.2 Å². The lowest BCUT2D eigenvalue weighted by Gasteiger charge is -2.20. The van der Waals surface area contributed by atoms with Gasteiger partial charge in [0.15, 0.2) is 0 Å². The summed E-state index contributed by atoms with van der Waals surface area (Å²) >= 11 is 5.79. The molecular weight excluding hydrogens is 184 g/mol. The lowest BCUT2D eigenvalue weighted by Crippen LogP contribution is -2.13. The van der Waals surface area contributed by atoms with Crippen LogP contribution in [0.2, 0.25) is 5.02 Å². The standard InChI is InChI=1S/C11H13ClO/c1-11(2,3)10-5-4-9(12)6-8(10)7-13/h4-7H,1-3H3. The van der Waals surface area contributed by atoms with Crippen molar-refractivity contribution >= 4 is 17.9 Å². The van der Waals surface area contributed by atoms with E-state index in [1.165, 1.54) is 0 Å². The molecule has 0 spiro atoms. The Bertz CT molecular complexity index is 323. The van der Waals surface area contributed by atoms with Crippen LogP contribution >= 0.6 is 11.6 Å². The lowest BCUT2D eigenvalue weighted by atomic mass is 9.84. The van der Waals surface area contributed by atoms with Gasteiger partial charge in [-0.25, -0.2) is 0 Å². The highest BCUT2D eigenvalue weighted by molar-refractivity contribution is 6.30. The second kappa shape index (κ2) is 3.51. The number of carbonyl (C=O) groups excluding carboxylic acids is 1. The van der Waals surface area contributed by atoms with Crippen LogP contribution in [0, 0.1) is 0 Å². The molecule has 0 N–H and O–H groups in total. The first-order valence-corrected chi connectivity index (χ1v) is 4.58. The van der Waals surface area contributed by atoms with E-state index in [2.05, 4.69) is 20.8 Å². The van der Waals surface area contributed by atoms with Crippen molar-refractivity contribution in [3.05, 3.63) is 34.3 Å². The van der Waals surface area contributed by atoms with Crippen LogP contribution in [0.1, 0.15) is 36.7 Å². The molecule has 0 fully saturated rings. The normalized spacial score (nSPS) is 11.4. The van der Waals surface area contributed by atoms with E-state index in [0.717, 1.165) is 11.8 Å². The van der Waals surface area contributed by atoms with Gasteiger partial charge in [-0.2, -0.15) is 0 Å². The summed E-state index contributed by atoms with van der Waals surface area (Å²) in [6.07, 6.45) is 0.854. The predicted molar refractivity (Wildman–Crippen MR) is 55.5 cm³/mol. The van der Waals surface area contributed by atoms with Gasteiger partial charge in [0.25, 0.3) is 0 Å². The Labute approximate surface area is 83.7 Å². The van der Waals surface area contributed by atoms with E-state index in [1.54, 1.807) is 6.07 Å². The Balaban J connectivity index is 3.29. The van der Waals surface area contributed by atoms with Crippen molar-refractivity contribution in [2.24, 2.45) is 0 Å². The van der Waals surface area contributed by atoms with E-state index in [9.17, 15) is 4.79 Å². The third-order valence-corrected chi connectivity index (χ3v) is 2.18. The molecule has 1 aromatic carbocycles. The summed E-state index contributed by atoms with van der Waals surface area (Å²) in [6.45, 7) is 6.22. The fraction of sp³-hybridized carbons (Fsp3) is 0.364. The molecule has 2 heteroatoms. The van der Waals surface area contributed by atoms with Crippen molar-refractivity contribution in [1.29, 1.82) is 0 Å². The van der Waals surface area contributed by atoms with Gasteiger partial charge in [0.2, 0.25) is 0 Å². The zero-order valence-corrected chi connectivity index (χ0v) is 8.85. The molecule has 0 heterocycles. The molecule has 0 aliphatic carbocycles. The number of rotatable bonds is 1. The molecule has 0 aromatic heterocycles. The Hall–Kier alpha value is -0.820. The fourth-order valence-corrected chi connectivity index (χ4v) is 1.49. The van der Waals surface area contributed by atoms with Crippen molar-refractivity contribution < 1.29 is 4.79 Å². The average molecular weight is 197 g/mol. The molecule has 0 saturated carbocycles. The highest BCUT2D eigenvalue weighted by Gasteiger charge is 2.17. The molecule has 0 saturated heterocycles.